The highest BCUT2D eigenvalue weighted by molar-refractivity contribution is 6.05. The summed E-state index contributed by atoms with van der Waals surface area (Å²) in [5.41, 5.74) is 19.4. The van der Waals surface area contributed by atoms with Crippen molar-refractivity contribution < 1.29 is 0 Å². The summed E-state index contributed by atoms with van der Waals surface area (Å²) in [5.74, 6) is 0. The molecule has 0 radical (unpaired) electrons. The molecule has 0 spiro atoms. The van der Waals surface area contributed by atoms with Crippen molar-refractivity contribution in [3.63, 3.8) is 0 Å². The maximum Gasteiger partial charge on any atom is 0.0375 e. The van der Waals surface area contributed by atoms with E-state index in [0.29, 0.717) is 0 Å². The Labute approximate surface area is 588 Å². The molecule has 0 aliphatic heterocycles. The highest BCUT2D eigenvalue weighted by Crippen LogP contribution is 2.31. The van der Waals surface area contributed by atoms with Crippen molar-refractivity contribution in [1.29, 1.82) is 0 Å². The zero-order valence-corrected chi connectivity index (χ0v) is 66.3. The average Bonchev–Trinajstić information content (AvgIpc) is 0.778. The maximum atomic E-state index is 4.17. The van der Waals surface area contributed by atoms with E-state index < -0.39 is 0 Å². The SMILES string of the molecule is CC.CC.CC.CC.CC.CC.CC.CC.Cc1c2ccccc2c(C)c2ccccc12.Cc1ccc(C)nc1.Cc1ccc(C)nc1.Cc1ccc2cc3cc(C)ccc3cc2c1.Cc1cccc(C)n1.Cc1ccnc(C)c1.Cc1ccnc(C)c1.Cc1cncc(C)c1. The number of nitrogens with zero attached hydrogens (tertiary/aromatic N) is 6. The molecule has 6 nitrogen and oxygen atoms in total. The molecule has 520 valence electrons. The Bertz CT molecular complexity index is 3340. The monoisotopic (exact) mass is 1300 g/mol. The van der Waals surface area contributed by atoms with Crippen LogP contribution in [0.2, 0.25) is 0 Å². The van der Waals surface area contributed by atoms with Crippen LogP contribution in [0.1, 0.15) is 201 Å². The fourth-order valence-corrected chi connectivity index (χ4v) is 8.64. The Kier molecular flexibility index (Phi) is 57.4. The number of hydrogen-bond donors (Lipinski definition) is 0. The second kappa shape index (κ2) is 58.8. The summed E-state index contributed by atoms with van der Waals surface area (Å²) >= 11 is 0. The predicted octanol–water partition coefficient (Wildman–Crippen LogP) is 27.6. The van der Waals surface area contributed by atoms with Gasteiger partial charge in [0.05, 0.1) is 0 Å². The smallest absolute Gasteiger partial charge is 0.0375 e. The van der Waals surface area contributed by atoms with Crippen molar-refractivity contribution in [2.75, 3.05) is 0 Å². The number of benzene rings is 6. The lowest BCUT2D eigenvalue weighted by molar-refractivity contribution is 1.12. The molecule has 6 aromatic carbocycles. The van der Waals surface area contributed by atoms with E-state index in [0.717, 1.165) is 34.2 Å². The summed E-state index contributed by atoms with van der Waals surface area (Å²) in [6.07, 6.45) is 11.1. The molecule has 0 bridgehead atoms. The summed E-state index contributed by atoms with van der Waals surface area (Å²) < 4.78 is 0. The molecule has 0 amide bonds. The first-order valence-corrected chi connectivity index (χ1v) is 35.4. The van der Waals surface area contributed by atoms with Crippen LogP contribution in [0.15, 0.2) is 207 Å². The van der Waals surface area contributed by atoms with E-state index in [1.165, 1.54) is 98.7 Å². The minimum Gasteiger partial charge on any atom is -0.264 e. The zero-order valence-electron chi connectivity index (χ0n) is 66.3. The van der Waals surface area contributed by atoms with E-state index in [2.05, 4.69) is 199 Å². The van der Waals surface area contributed by atoms with Crippen molar-refractivity contribution >= 4 is 43.1 Å². The molecule has 0 aliphatic carbocycles. The van der Waals surface area contributed by atoms with Crippen LogP contribution in [-0.2, 0) is 0 Å². The number of aromatic nitrogens is 6. The predicted molar refractivity (Wildman–Crippen MR) is 435 cm³/mol. The van der Waals surface area contributed by atoms with Crippen LogP contribution < -0.4 is 0 Å². The lowest BCUT2D eigenvalue weighted by Crippen LogP contribution is -1.87. The van der Waals surface area contributed by atoms with Crippen molar-refractivity contribution in [3.8, 4) is 0 Å². The Morgan fingerprint density at radius 3 is 0.719 bits per heavy atom. The van der Waals surface area contributed by atoms with Gasteiger partial charge in [-0.15, -0.1) is 0 Å². The first-order valence-electron chi connectivity index (χ1n) is 35.4. The van der Waals surface area contributed by atoms with Crippen molar-refractivity contribution in [3.05, 3.63) is 297 Å². The van der Waals surface area contributed by atoms with E-state index in [4.69, 9.17) is 0 Å². The summed E-state index contributed by atoms with van der Waals surface area (Å²) in [5, 5.41) is 10.8. The molecule has 6 aromatic heterocycles. The van der Waals surface area contributed by atoms with Gasteiger partial charge in [0.25, 0.3) is 0 Å². The van der Waals surface area contributed by atoms with Crippen LogP contribution in [0, 0.1) is 111 Å². The third-order valence-corrected chi connectivity index (χ3v) is 12.8. The normalized spacial score (nSPS) is 8.83. The molecule has 12 rings (SSSR count). The molecule has 0 unspecified atom stereocenters. The van der Waals surface area contributed by atoms with Crippen LogP contribution in [0.5, 0.6) is 0 Å². The molecular weight excluding hydrogens is 1170 g/mol. The molecule has 0 N–H and O–H groups in total. The molecule has 0 saturated carbocycles. The van der Waals surface area contributed by atoms with Gasteiger partial charge in [0.15, 0.2) is 0 Å². The molecule has 0 aliphatic rings. The van der Waals surface area contributed by atoms with E-state index >= 15 is 0 Å². The second-order valence-electron chi connectivity index (χ2n) is 20.8. The highest BCUT2D eigenvalue weighted by Gasteiger charge is 2.07. The summed E-state index contributed by atoms with van der Waals surface area (Å²) in [6.45, 7) is 64.9. The van der Waals surface area contributed by atoms with Gasteiger partial charge in [-0.25, -0.2) is 0 Å². The third kappa shape index (κ3) is 39.8. The zero-order chi connectivity index (χ0) is 74.1. The lowest BCUT2D eigenvalue weighted by atomic mass is 9.93. The van der Waals surface area contributed by atoms with Crippen LogP contribution >= 0.6 is 0 Å². The fraction of sp³-hybridized carbons (Fsp3) is 0.356. The molecule has 12 aromatic rings. The number of aryl methyl sites for hydroxylation is 16. The minimum absolute atomic E-state index is 1.08. The largest absolute Gasteiger partial charge is 0.264 e. The molecule has 96 heavy (non-hydrogen) atoms. The quantitative estimate of drug-likeness (QED) is 0.141. The molecule has 0 atom stereocenters. The van der Waals surface area contributed by atoms with Crippen LogP contribution in [0.25, 0.3) is 43.1 Å². The number of rotatable bonds is 0. The van der Waals surface area contributed by atoms with Gasteiger partial charge in [-0.1, -0.05) is 231 Å². The Morgan fingerprint density at radius 2 is 0.500 bits per heavy atom. The Hall–Kier alpha value is -8.74. The number of hydrogen-bond acceptors (Lipinski definition) is 6. The fourth-order valence-electron chi connectivity index (χ4n) is 8.64. The van der Waals surface area contributed by atoms with E-state index in [1.807, 2.05) is 260 Å². The lowest BCUT2D eigenvalue weighted by Gasteiger charge is -2.11. The van der Waals surface area contributed by atoms with Gasteiger partial charge in [-0.3, -0.25) is 29.9 Å². The van der Waals surface area contributed by atoms with Crippen molar-refractivity contribution in [2.45, 2.75) is 222 Å². The summed E-state index contributed by atoms with van der Waals surface area (Å²) in [6, 6.07) is 59.4. The maximum absolute atomic E-state index is 4.17. The average molecular weight is 1300 g/mol. The van der Waals surface area contributed by atoms with Gasteiger partial charge in [-0.05, 0) is 259 Å². The van der Waals surface area contributed by atoms with E-state index in [9.17, 15) is 0 Å². The standard InChI is InChI=1S/2C16H14.6C7H9N.8C2H6/c1-11-3-5-13-10-16-8-12(2)4-6-14(16)9-15(13)7-11;1-11-13-7-3-5-9-15(13)12(2)16-10-6-4-8-14(11)16;1-6-3-7(2)5-8-4-6;2*1-6-3-4-8-7(2)5-6;2*1-6-3-4-7(2)8-5-6;1-6-4-3-5-7(2)8-6;8*1-2/h2*3-10H,1-2H3;6*3-5H,1-2H3;8*1-2H3. The first-order chi connectivity index (χ1) is 46.2. The van der Waals surface area contributed by atoms with Gasteiger partial charge in [0.1, 0.15) is 0 Å². The van der Waals surface area contributed by atoms with Crippen molar-refractivity contribution in [2.24, 2.45) is 0 Å². The van der Waals surface area contributed by atoms with E-state index in [-0.39, 0.29) is 0 Å². The van der Waals surface area contributed by atoms with E-state index in [1.54, 1.807) is 0 Å². The molecular formula is C90H130N6. The van der Waals surface area contributed by atoms with Gasteiger partial charge in [-0.2, -0.15) is 0 Å². The molecule has 0 fully saturated rings. The van der Waals surface area contributed by atoms with Gasteiger partial charge >= 0.3 is 0 Å². The van der Waals surface area contributed by atoms with Gasteiger partial charge < -0.3 is 0 Å². The molecule has 6 heteroatoms. The number of fused-ring (bicyclic) bond motifs is 4. The van der Waals surface area contributed by atoms with Gasteiger partial charge in [0.2, 0.25) is 0 Å². The first kappa shape index (κ1) is 93.7. The second-order valence-corrected chi connectivity index (χ2v) is 20.8. The van der Waals surface area contributed by atoms with Crippen LogP contribution in [0.4, 0.5) is 0 Å². The highest BCUT2D eigenvalue weighted by atomic mass is 14.7. The summed E-state index contributed by atoms with van der Waals surface area (Å²) in [4.78, 5) is 24.4. The Balaban J connectivity index is -0.000000497. The van der Waals surface area contributed by atoms with Crippen LogP contribution in [-0.4, -0.2) is 29.9 Å². The minimum atomic E-state index is 1.08. The third-order valence-electron chi connectivity index (χ3n) is 12.8. The van der Waals surface area contributed by atoms with Gasteiger partial charge in [0, 0.05) is 71.3 Å². The topological polar surface area (TPSA) is 77.3 Å². The van der Waals surface area contributed by atoms with Crippen molar-refractivity contribution in [1.82, 2.24) is 29.9 Å². The summed E-state index contributed by atoms with van der Waals surface area (Å²) in [7, 11) is 0. The Morgan fingerprint density at radius 1 is 0.198 bits per heavy atom. The molecule has 6 heterocycles. The van der Waals surface area contributed by atoms with Crippen LogP contribution in [0.3, 0.4) is 0 Å². The molecule has 0 saturated heterocycles. The number of pyridine rings is 6.